The van der Waals surface area contributed by atoms with Gasteiger partial charge in [-0.1, -0.05) is 48.5 Å². The van der Waals surface area contributed by atoms with Gasteiger partial charge in [0.2, 0.25) is 0 Å². The Morgan fingerprint density at radius 3 is 2.38 bits per heavy atom. The van der Waals surface area contributed by atoms with Gasteiger partial charge in [0.25, 0.3) is 0 Å². The summed E-state index contributed by atoms with van der Waals surface area (Å²) in [5.41, 5.74) is 6.03. The molecule has 0 amide bonds. The first kappa shape index (κ1) is 13.1. The highest BCUT2D eigenvalue weighted by atomic mass is 14.9. The summed E-state index contributed by atoms with van der Waals surface area (Å²) in [4.78, 5) is 0. The first-order chi connectivity index (χ1) is 10.4. The minimum Gasteiger partial charge on any atom is -0.310 e. The van der Waals surface area contributed by atoms with Crippen LogP contribution in [-0.4, -0.2) is 6.04 Å². The number of rotatable bonds is 4. The maximum absolute atomic E-state index is 3.74. The van der Waals surface area contributed by atoms with Crippen LogP contribution in [0.15, 0.2) is 48.5 Å². The first-order valence-electron chi connectivity index (χ1n) is 8.27. The fraction of sp³-hybridized carbons (Fsp3) is 0.400. The van der Waals surface area contributed by atoms with Crippen molar-refractivity contribution in [2.45, 2.75) is 50.6 Å². The lowest BCUT2D eigenvalue weighted by atomic mass is 9.88. The van der Waals surface area contributed by atoms with E-state index in [4.69, 9.17) is 0 Å². The molecular weight excluding hydrogens is 254 g/mol. The molecule has 1 nitrogen and oxygen atoms in total. The smallest absolute Gasteiger partial charge is 0.0208 e. The molecule has 0 radical (unpaired) electrons. The Morgan fingerprint density at radius 2 is 1.62 bits per heavy atom. The van der Waals surface area contributed by atoms with Gasteiger partial charge in [-0.15, -0.1) is 0 Å². The van der Waals surface area contributed by atoms with E-state index >= 15 is 0 Å². The molecule has 1 saturated carbocycles. The molecule has 2 aromatic carbocycles. The average molecular weight is 277 g/mol. The van der Waals surface area contributed by atoms with Gasteiger partial charge in [-0.2, -0.15) is 0 Å². The van der Waals surface area contributed by atoms with Crippen molar-refractivity contribution in [3.05, 3.63) is 70.8 Å². The van der Waals surface area contributed by atoms with Crippen LogP contribution in [0.25, 0.3) is 0 Å². The highest BCUT2D eigenvalue weighted by Gasteiger charge is 2.23. The molecule has 2 aliphatic rings. The molecule has 2 aromatic rings. The Labute approximate surface area is 127 Å². The standard InChI is InChI=1S/C20H23N/c1-2-4-19-13-20(12-11-16(19)3-1)21-14-15-5-7-17(8-6-15)18-9-10-18/h1-8,18,20-21H,9-14H2. The maximum Gasteiger partial charge on any atom is 0.0208 e. The summed E-state index contributed by atoms with van der Waals surface area (Å²) in [5, 5.41) is 3.74. The lowest BCUT2D eigenvalue weighted by Gasteiger charge is -2.25. The SMILES string of the molecule is c1ccc2c(c1)CCC(NCc1ccc(C3CC3)cc1)C2. The molecule has 1 heteroatoms. The summed E-state index contributed by atoms with van der Waals surface area (Å²) in [5.74, 6) is 0.863. The van der Waals surface area contributed by atoms with Crippen LogP contribution in [-0.2, 0) is 19.4 Å². The van der Waals surface area contributed by atoms with Crippen molar-refractivity contribution in [3.63, 3.8) is 0 Å². The quantitative estimate of drug-likeness (QED) is 0.882. The van der Waals surface area contributed by atoms with Crippen LogP contribution in [0, 0.1) is 0 Å². The molecule has 0 spiro atoms. The van der Waals surface area contributed by atoms with E-state index in [1.807, 2.05) is 0 Å². The molecule has 1 fully saturated rings. The van der Waals surface area contributed by atoms with Gasteiger partial charge in [0.05, 0.1) is 0 Å². The van der Waals surface area contributed by atoms with Gasteiger partial charge in [0.15, 0.2) is 0 Å². The van der Waals surface area contributed by atoms with Crippen molar-refractivity contribution < 1.29 is 0 Å². The molecule has 0 aromatic heterocycles. The second-order valence-corrected chi connectivity index (χ2v) is 6.61. The average Bonchev–Trinajstić information content (AvgIpc) is 3.38. The predicted octanol–water partition coefficient (Wildman–Crippen LogP) is 4.21. The van der Waals surface area contributed by atoms with Crippen molar-refractivity contribution in [2.75, 3.05) is 0 Å². The molecule has 2 aliphatic carbocycles. The Bertz CT molecular complexity index is 610. The maximum atomic E-state index is 3.74. The Hall–Kier alpha value is -1.60. The zero-order chi connectivity index (χ0) is 14.1. The number of hydrogen-bond donors (Lipinski definition) is 1. The Kier molecular flexibility index (Phi) is 3.52. The fourth-order valence-corrected chi connectivity index (χ4v) is 3.46. The zero-order valence-electron chi connectivity index (χ0n) is 12.5. The summed E-state index contributed by atoms with van der Waals surface area (Å²) >= 11 is 0. The van der Waals surface area contributed by atoms with E-state index in [1.54, 1.807) is 5.56 Å². The first-order valence-corrected chi connectivity index (χ1v) is 8.27. The normalized spacial score (nSPS) is 21.0. The topological polar surface area (TPSA) is 12.0 Å². The van der Waals surface area contributed by atoms with E-state index in [9.17, 15) is 0 Å². The summed E-state index contributed by atoms with van der Waals surface area (Å²) in [7, 11) is 0. The van der Waals surface area contributed by atoms with Gasteiger partial charge in [-0.25, -0.2) is 0 Å². The molecule has 108 valence electrons. The van der Waals surface area contributed by atoms with E-state index in [-0.39, 0.29) is 0 Å². The van der Waals surface area contributed by atoms with Gasteiger partial charge in [-0.05, 0) is 60.3 Å². The fourth-order valence-electron chi connectivity index (χ4n) is 3.46. The van der Waals surface area contributed by atoms with Crippen molar-refractivity contribution in [1.82, 2.24) is 5.32 Å². The summed E-state index contributed by atoms with van der Waals surface area (Å²) in [6, 6.07) is 18.8. The molecule has 1 atom stereocenters. The van der Waals surface area contributed by atoms with Gasteiger partial charge < -0.3 is 5.32 Å². The molecule has 0 heterocycles. The second kappa shape index (κ2) is 5.65. The minimum absolute atomic E-state index is 0.628. The predicted molar refractivity (Wildman–Crippen MR) is 87.5 cm³/mol. The van der Waals surface area contributed by atoms with E-state index in [0.717, 1.165) is 12.5 Å². The van der Waals surface area contributed by atoms with Crippen molar-refractivity contribution in [2.24, 2.45) is 0 Å². The molecule has 1 unspecified atom stereocenters. The van der Waals surface area contributed by atoms with Crippen LogP contribution >= 0.6 is 0 Å². The van der Waals surface area contributed by atoms with Crippen molar-refractivity contribution in [3.8, 4) is 0 Å². The molecule has 21 heavy (non-hydrogen) atoms. The van der Waals surface area contributed by atoms with E-state index in [0.29, 0.717) is 6.04 Å². The van der Waals surface area contributed by atoms with E-state index < -0.39 is 0 Å². The highest BCUT2D eigenvalue weighted by Crippen LogP contribution is 2.39. The minimum atomic E-state index is 0.628. The zero-order valence-corrected chi connectivity index (χ0v) is 12.5. The molecular formula is C20H23N. The summed E-state index contributed by atoms with van der Waals surface area (Å²) in [6.07, 6.45) is 6.43. The summed E-state index contributed by atoms with van der Waals surface area (Å²) < 4.78 is 0. The molecule has 0 bridgehead atoms. The van der Waals surface area contributed by atoms with Crippen molar-refractivity contribution >= 4 is 0 Å². The molecule has 0 saturated heterocycles. The van der Waals surface area contributed by atoms with Crippen LogP contribution in [0.1, 0.15) is 47.4 Å². The van der Waals surface area contributed by atoms with Crippen LogP contribution in [0.3, 0.4) is 0 Å². The monoisotopic (exact) mass is 277 g/mol. The number of benzene rings is 2. The van der Waals surface area contributed by atoms with Crippen LogP contribution in [0.4, 0.5) is 0 Å². The van der Waals surface area contributed by atoms with Crippen LogP contribution in [0.2, 0.25) is 0 Å². The third kappa shape index (κ3) is 3.03. The summed E-state index contributed by atoms with van der Waals surface area (Å²) in [6.45, 7) is 0.998. The van der Waals surface area contributed by atoms with E-state index in [1.165, 1.54) is 48.8 Å². The van der Waals surface area contributed by atoms with Crippen LogP contribution in [0.5, 0.6) is 0 Å². The number of aryl methyl sites for hydroxylation is 1. The van der Waals surface area contributed by atoms with Gasteiger partial charge in [0.1, 0.15) is 0 Å². The Morgan fingerprint density at radius 1 is 0.857 bits per heavy atom. The largest absolute Gasteiger partial charge is 0.310 e. The molecule has 4 rings (SSSR count). The lowest BCUT2D eigenvalue weighted by molar-refractivity contribution is 0.457. The van der Waals surface area contributed by atoms with Gasteiger partial charge in [0, 0.05) is 12.6 Å². The third-order valence-corrected chi connectivity index (χ3v) is 4.97. The number of nitrogens with one attached hydrogen (secondary N) is 1. The lowest BCUT2D eigenvalue weighted by Crippen LogP contribution is -2.34. The van der Waals surface area contributed by atoms with Gasteiger partial charge >= 0.3 is 0 Å². The number of hydrogen-bond acceptors (Lipinski definition) is 1. The van der Waals surface area contributed by atoms with Crippen molar-refractivity contribution in [1.29, 1.82) is 0 Å². The van der Waals surface area contributed by atoms with Gasteiger partial charge in [-0.3, -0.25) is 0 Å². The number of fused-ring (bicyclic) bond motifs is 1. The van der Waals surface area contributed by atoms with Crippen LogP contribution < -0.4 is 5.32 Å². The second-order valence-electron chi connectivity index (χ2n) is 6.61. The Balaban J connectivity index is 1.34. The molecule has 1 N–H and O–H groups in total. The molecule has 0 aliphatic heterocycles. The van der Waals surface area contributed by atoms with E-state index in [2.05, 4.69) is 53.8 Å². The third-order valence-electron chi connectivity index (χ3n) is 4.97. The highest BCUT2D eigenvalue weighted by molar-refractivity contribution is 5.31.